The number of hydrogen-bond donors (Lipinski definition) is 1. The van der Waals surface area contributed by atoms with Crippen LogP contribution in [0, 0.1) is 5.41 Å². The number of nitrogens with one attached hydrogen (secondary N) is 1. The van der Waals surface area contributed by atoms with Crippen molar-refractivity contribution in [3.63, 3.8) is 0 Å². The minimum Gasteiger partial charge on any atom is -0.319 e. The maximum absolute atomic E-state index is 3.50. The lowest BCUT2D eigenvalue weighted by atomic mass is 9.79. The largest absolute Gasteiger partial charge is 0.319 e. The summed E-state index contributed by atoms with van der Waals surface area (Å²) >= 11 is 2.17. The average Bonchev–Trinajstić information content (AvgIpc) is 2.70. The third-order valence-corrected chi connectivity index (χ3v) is 6.58. The molecule has 2 nitrogen and oxygen atoms in total. The van der Waals surface area contributed by atoms with Gasteiger partial charge in [-0.05, 0) is 38.3 Å². The van der Waals surface area contributed by atoms with Crippen LogP contribution < -0.4 is 5.32 Å². The number of rotatable bonds is 4. The monoisotopic (exact) mass is 298 g/mol. The molecule has 1 N–H and O–H groups in total. The van der Waals surface area contributed by atoms with Gasteiger partial charge in [0.05, 0.1) is 0 Å². The molecule has 1 saturated heterocycles. The predicted molar refractivity (Wildman–Crippen MR) is 91.7 cm³/mol. The first-order valence-corrected chi connectivity index (χ1v) is 9.55. The van der Waals surface area contributed by atoms with E-state index in [1.807, 2.05) is 0 Å². The maximum atomic E-state index is 3.50. The van der Waals surface area contributed by atoms with Crippen LogP contribution in [0.5, 0.6) is 0 Å². The Balaban J connectivity index is 1.96. The minimum absolute atomic E-state index is 0.481. The Bertz CT molecular complexity index is 283. The molecule has 0 unspecified atom stereocenters. The Kier molecular flexibility index (Phi) is 6.25. The Hall–Kier alpha value is 0.270. The van der Waals surface area contributed by atoms with E-state index in [4.69, 9.17) is 0 Å². The molecular weight excluding hydrogens is 264 g/mol. The number of thioether (sulfide) groups is 1. The molecule has 2 rings (SSSR count). The summed E-state index contributed by atoms with van der Waals surface area (Å²) in [5.41, 5.74) is 0.546. The third-order valence-electron chi connectivity index (χ3n) is 5.21. The summed E-state index contributed by atoms with van der Waals surface area (Å²) in [6.07, 6.45) is 9.99. The molecule has 0 spiro atoms. The predicted octanol–water partition coefficient (Wildman–Crippen LogP) is 3.76. The molecule has 2 aliphatic rings. The van der Waals surface area contributed by atoms with E-state index in [0.29, 0.717) is 10.2 Å². The van der Waals surface area contributed by atoms with Crippen molar-refractivity contribution in [3.8, 4) is 0 Å². The summed E-state index contributed by atoms with van der Waals surface area (Å²) < 4.78 is 0.481. The van der Waals surface area contributed by atoms with E-state index in [0.717, 1.165) is 0 Å². The summed E-state index contributed by atoms with van der Waals surface area (Å²) in [4.78, 5) is 2.77. The van der Waals surface area contributed by atoms with Crippen LogP contribution in [0.15, 0.2) is 0 Å². The molecule has 118 valence electrons. The van der Waals surface area contributed by atoms with E-state index in [9.17, 15) is 0 Å². The van der Waals surface area contributed by atoms with E-state index in [1.54, 1.807) is 0 Å². The van der Waals surface area contributed by atoms with Crippen LogP contribution in [0.25, 0.3) is 0 Å². The van der Waals surface area contributed by atoms with Gasteiger partial charge in [0.1, 0.15) is 0 Å². The molecule has 3 heteroatoms. The quantitative estimate of drug-likeness (QED) is 0.796. The van der Waals surface area contributed by atoms with E-state index < -0.39 is 0 Å². The lowest BCUT2D eigenvalue weighted by Crippen LogP contribution is -2.44. The van der Waals surface area contributed by atoms with Gasteiger partial charge in [0, 0.05) is 30.1 Å². The molecule has 0 aromatic carbocycles. The van der Waals surface area contributed by atoms with Gasteiger partial charge in [-0.2, -0.15) is 11.8 Å². The molecular formula is C17H34N2S. The standard InChI is InChI=1S/C17H34N2S/c1-16(2)10-11-19(12-13-20-16)15-17(14-18-3)8-6-4-5-7-9-17/h18H,4-15H2,1-3H3. The summed E-state index contributed by atoms with van der Waals surface area (Å²) in [7, 11) is 2.13. The SMILES string of the molecule is CNCC1(CN2CCSC(C)(C)CC2)CCCCCC1. The summed E-state index contributed by atoms with van der Waals surface area (Å²) in [5, 5.41) is 3.50. The number of nitrogens with zero attached hydrogens (tertiary/aromatic N) is 1. The van der Waals surface area contributed by atoms with Crippen molar-refractivity contribution < 1.29 is 0 Å². The summed E-state index contributed by atoms with van der Waals surface area (Å²) in [6.45, 7) is 9.95. The van der Waals surface area contributed by atoms with Crippen LogP contribution in [-0.2, 0) is 0 Å². The fraction of sp³-hybridized carbons (Fsp3) is 1.00. The molecule has 0 amide bonds. The topological polar surface area (TPSA) is 15.3 Å². The van der Waals surface area contributed by atoms with Gasteiger partial charge in [-0.3, -0.25) is 0 Å². The fourth-order valence-corrected chi connectivity index (χ4v) is 5.08. The Morgan fingerprint density at radius 2 is 1.70 bits per heavy atom. The zero-order valence-electron chi connectivity index (χ0n) is 13.8. The van der Waals surface area contributed by atoms with Crippen molar-refractivity contribution >= 4 is 11.8 Å². The van der Waals surface area contributed by atoms with Crippen molar-refractivity contribution in [2.45, 2.75) is 63.5 Å². The first-order valence-electron chi connectivity index (χ1n) is 8.56. The fourth-order valence-electron chi connectivity index (χ4n) is 3.94. The molecule has 20 heavy (non-hydrogen) atoms. The van der Waals surface area contributed by atoms with E-state index in [2.05, 4.69) is 42.9 Å². The average molecular weight is 299 g/mol. The first-order chi connectivity index (χ1) is 9.55. The van der Waals surface area contributed by atoms with Crippen molar-refractivity contribution in [1.29, 1.82) is 0 Å². The zero-order valence-corrected chi connectivity index (χ0v) is 14.7. The van der Waals surface area contributed by atoms with Gasteiger partial charge in [0.25, 0.3) is 0 Å². The van der Waals surface area contributed by atoms with Gasteiger partial charge in [-0.25, -0.2) is 0 Å². The van der Waals surface area contributed by atoms with Crippen LogP contribution in [0.4, 0.5) is 0 Å². The van der Waals surface area contributed by atoms with Gasteiger partial charge < -0.3 is 10.2 Å². The van der Waals surface area contributed by atoms with E-state index in [1.165, 1.54) is 76.9 Å². The van der Waals surface area contributed by atoms with Gasteiger partial charge in [-0.1, -0.05) is 39.5 Å². The van der Waals surface area contributed by atoms with Gasteiger partial charge in [0.2, 0.25) is 0 Å². The lowest BCUT2D eigenvalue weighted by Gasteiger charge is -2.38. The highest BCUT2D eigenvalue weighted by atomic mass is 32.2. The normalized spacial score (nSPS) is 27.8. The number of hydrogen-bond acceptors (Lipinski definition) is 3. The van der Waals surface area contributed by atoms with Crippen LogP contribution >= 0.6 is 11.8 Å². The molecule has 0 aromatic rings. The molecule has 1 aliphatic heterocycles. The minimum atomic E-state index is 0.481. The highest BCUT2D eigenvalue weighted by molar-refractivity contribution is 8.00. The van der Waals surface area contributed by atoms with Crippen LogP contribution in [0.1, 0.15) is 58.8 Å². The van der Waals surface area contributed by atoms with Crippen LogP contribution in [0.2, 0.25) is 0 Å². The molecule has 0 radical (unpaired) electrons. The Morgan fingerprint density at radius 3 is 2.35 bits per heavy atom. The van der Waals surface area contributed by atoms with Gasteiger partial charge >= 0.3 is 0 Å². The smallest absolute Gasteiger partial charge is 0.0116 e. The van der Waals surface area contributed by atoms with E-state index >= 15 is 0 Å². The molecule has 1 heterocycles. The maximum Gasteiger partial charge on any atom is 0.0116 e. The zero-order chi connectivity index (χ0) is 14.5. The second-order valence-corrected chi connectivity index (χ2v) is 9.38. The van der Waals surface area contributed by atoms with Crippen molar-refractivity contribution in [3.05, 3.63) is 0 Å². The van der Waals surface area contributed by atoms with E-state index in [-0.39, 0.29) is 0 Å². The third kappa shape index (κ3) is 4.92. The Morgan fingerprint density at radius 1 is 1.00 bits per heavy atom. The highest BCUT2D eigenvalue weighted by Gasteiger charge is 2.33. The molecule has 0 atom stereocenters. The van der Waals surface area contributed by atoms with Gasteiger partial charge in [-0.15, -0.1) is 0 Å². The van der Waals surface area contributed by atoms with Crippen LogP contribution in [-0.4, -0.2) is 48.6 Å². The Labute approximate surface area is 130 Å². The van der Waals surface area contributed by atoms with Crippen molar-refractivity contribution in [1.82, 2.24) is 10.2 Å². The highest BCUT2D eigenvalue weighted by Crippen LogP contribution is 2.37. The second kappa shape index (κ2) is 7.51. The summed E-state index contributed by atoms with van der Waals surface area (Å²) in [6, 6.07) is 0. The molecule has 1 aliphatic carbocycles. The second-order valence-electron chi connectivity index (χ2n) is 7.58. The lowest BCUT2D eigenvalue weighted by molar-refractivity contribution is 0.132. The summed E-state index contributed by atoms with van der Waals surface area (Å²) in [5.74, 6) is 1.31. The first kappa shape index (κ1) is 16.6. The van der Waals surface area contributed by atoms with Crippen molar-refractivity contribution in [2.24, 2.45) is 5.41 Å². The van der Waals surface area contributed by atoms with Crippen molar-refractivity contribution in [2.75, 3.05) is 39.0 Å². The van der Waals surface area contributed by atoms with Gasteiger partial charge in [0.15, 0.2) is 0 Å². The molecule has 1 saturated carbocycles. The van der Waals surface area contributed by atoms with Crippen LogP contribution in [0.3, 0.4) is 0 Å². The molecule has 0 aromatic heterocycles. The molecule has 0 bridgehead atoms. The molecule has 2 fully saturated rings.